The molecule has 1 atom stereocenters. The number of hydrogen-bond acceptors (Lipinski definition) is 5. The Labute approximate surface area is 212 Å². The monoisotopic (exact) mass is 503 g/mol. The van der Waals surface area contributed by atoms with Crippen LogP contribution in [0.1, 0.15) is 17.8 Å². The van der Waals surface area contributed by atoms with Crippen LogP contribution in [0.25, 0.3) is 22.3 Å². The minimum absolute atomic E-state index is 0.0552. The van der Waals surface area contributed by atoms with E-state index in [-0.39, 0.29) is 12.7 Å². The summed E-state index contributed by atoms with van der Waals surface area (Å²) in [7, 11) is 0. The fraction of sp³-hybridized carbons (Fsp3) is 0.222. The van der Waals surface area contributed by atoms with Crippen LogP contribution in [-0.2, 0) is 24.4 Å². The van der Waals surface area contributed by atoms with E-state index in [9.17, 15) is 4.39 Å². The average Bonchev–Trinajstić information content (AvgIpc) is 3.46. The molecule has 36 heavy (non-hydrogen) atoms. The van der Waals surface area contributed by atoms with Crippen molar-refractivity contribution in [1.82, 2.24) is 24.3 Å². The van der Waals surface area contributed by atoms with Gasteiger partial charge < -0.3 is 14.0 Å². The Bertz CT molecular complexity index is 1530. The van der Waals surface area contributed by atoms with Gasteiger partial charge in [0.1, 0.15) is 18.2 Å². The molecule has 0 radical (unpaired) electrons. The van der Waals surface area contributed by atoms with Gasteiger partial charge in [-0.15, -0.1) is 0 Å². The number of benzene rings is 2. The molecule has 0 N–H and O–H groups in total. The molecule has 0 spiro atoms. The molecule has 1 fully saturated rings. The Kier molecular flexibility index (Phi) is 6.13. The number of hydrogen-bond donors (Lipinski definition) is 0. The predicted molar refractivity (Wildman–Crippen MR) is 134 cm³/mol. The Morgan fingerprint density at radius 1 is 1.08 bits per heavy atom. The predicted octanol–water partition coefficient (Wildman–Crippen LogP) is 5.50. The van der Waals surface area contributed by atoms with Crippen molar-refractivity contribution in [2.24, 2.45) is 0 Å². The molecule has 4 heterocycles. The molecule has 0 bridgehead atoms. The van der Waals surface area contributed by atoms with Crippen molar-refractivity contribution in [1.29, 1.82) is 0 Å². The van der Waals surface area contributed by atoms with Crippen LogP contribution in [0.5, 0.6) is 5.88 Å². The minimum Gasteiger partial charge on any atom is -0.473 e. The highest BCUT2D eigenvalue weighted by molar-refractivity contribution is 6.30. The maximum atomic E-state index is 14.1. The van der Waals surface area contributed by atoms with Crippen molar-refractivity contribution in [3.8, 4) is 17.1 Å². The second-order valence-electron chi connectivity index (χ2n) is 8.72. The van der Waals surface area contributed by atoms with Crippen LogP contribution in [-0.4, -0.2) is 37.0 Å². The van der Waals surface area contributed by atoms with Gasteiger partial charge in [-0.1, -0.05) is 35.9 Å². The molecule has 5 aromatic rings. The molecule has 0 saturated carbocycles. The Hall–Kier alpha value is -3.75. The van der Waals surface area contributed by atoms with Crippen LogP contribution in [0.2, 0.25) is 5.02 Å². The topological polar surface area (TPSA) is 67.0 Å². The third-order valence-electron chi connectivity index (χ3n) is 6.26. The van der Waals surface area contributed by atoms with E-state index in [1.54, 1.807) is 24.4 Å². The van der Waals surface area contributed by atoms with E-state index in [1.165, 1.54) is 6.07 Å². The Balaban J connectivity index is 1.20. The molecule has 0 aliphatic carbocycles. The molecule has 1 aliphatic rings. The molecule has 0 unspecified atom stereocenters. The van der Waals surface area contributed by atoms with Gasteiger partial charge in [-0.25, -0.2) is 14.4 Å². The summed E-state index contributed by atoms with van der Waals surface area (Å²) in [4.78, 5) is 9.43. The quantitative estimate of drug-likeness (QED) is 0.279. The van der Waals surface area contributed by atoms with Gasteiger partial charge >= 0.3 is 0 Å². The van der Waals surface area contributed by atoms with Gasteiger partial charge in [0, 0.05) is 35.0 Å². The lowest BCUT2D eigenvalue weighted by atomic mass is 10.2. The maximum absolute atomic E-state index is 14.1. The van der Waals surface area contributed by atoms with Crippen LogP contribution in [0, 0.1) is 5.82 Å². The molecule has 1 saturated heterocycles. The number of para-hydroxylation sites is 2. The largest absolute Gasteiger partial charge is 0.473 e. The molecule has 182 valence electrons. The first kappa shape index (κ1) is 22.7. The first-order valence-corrected chi connectivity index (χ1v) is 12.1. The lowest BCUT2D eigenvalue weighted by Crippen LogP contribution is -2.32. The van der Waals surface area contributed by atoms with Gasteiger partial charge in [-0.3, -0.25) is 4.68 Å². The first-order chi connectivity index (χ1) is 17.6. The van der Waals surface area contributed by atoms with E-state index >= 15 is 0 Å². The fourth-order valence-corrected chi connectivity index (χ4v) is 4.41. The molecule has 7 nitrogen and oxygen atoms in total. The highest BCUT2D eigenvalue weighted by atomic mass is 35.5. The summed E-state index contributed by atoms with van der Waals surface area (Å²) in [5.74, 6) is 0.920. The smallest absolute Gasteiger partial charge is 0.214 e. The maximum Gasteiger partial charge on any atom is 0.214 e. The van der Waals surface area contributed by atoms with Gasteiger partial charge in [0.2, 0.25) is 5.88 Å². The third kappa shape index (κ3) is 4.69. The zero-order valence-electron chi connectivity index (χ0n) is 19.3. The lowest BCUT2D eigenvalue weighted by Gasteiger charge is -2.27. The Morgan fingerprint density at radius 2 is 1.97 bits per heavy atom. The molecule has 2 aromatic carbocycles. The van der Waals surface area contributed by atoms with Gasteiger partial charge in [-0.2, -0.15) is 5.10 Å². The van der Waals surface area contributed by atoms with E-state index in [0.717, 1.165) is 42.0 Å². The summed E-state index contributed by atoms with van der Waals surface area (Å²) in [6.07, 6.45) is 5.00. The van der Waals surface area contributed by atoms with Crippen LogP contribution >= 0.6 is 11.6 Å². The highest BCUT2D eigenvalue weighted by Gasteiger charge is 2.22. The van der Waals surface area contributed by atoms with Crippen LogP contribution in [0.3, 0.4) is 0 Å². The number of imidazole rings is 1. The summed E-state index contributed by atoms with van der Waals surface area (Å²) in [5.41, 5.74) is 4.03. The van der Waals surface area contributed by atoms with Crippen LogP contribution in [0.4, 0.5) is 4.39 Å². The molecular weight excluding hydrogens is 481 g/mol. The summed E-state index contributed by atoms with van der Waals surface area (Å²) in [5, 5.41) is 4.89. The normalized spacial score (nSPS) is 15.2. The Morgan fingerprint density at radius 3 is 2.81 bits per heavy atom. The van der Waals surface area contributed by atoms with E-state index in [2.05, 4.69) is 20.7 Å². The SMILES string of the molecule is Fc1cc(Cl)ccc1COc1cccc(-c2cnn(Cc3nc4ccccc4n3C[C@@H]3CCO3)c2)n1. The van der Waals surface area contributed by atoms with E-state index < -0.39 is 5.82 Å². The van der Waals surface area contributed by atoms with Gasteiger partial charge in [-0.05, 0) is 36.8 Å². The number of pyridine rings is 1. The third-order valence-corrected chi connectivity index (χ3v) is 6.49. The molecule has 1 aliphatic heterocycles. The van der Waals surface area contributed by atoms with E-state index in [4.69, 9.17) is 26.1 Å². The van der Waals surface area contributed by atoms with Crippen LogP contribution < -0.4 is 4.74 Å². The number of nitrogens with zero attached hydrogens (tertiary/aromatic N) is 5. The summed E-state index contributed by atoms with van der Waals surface area (Å²) >= 11 is 5.82. The fourth-order valence-electron chi connectivity index (χ4n) is 4.26. The number of aromatic nitrogens is 5. The van der Waals surface area contributed by atoms with Gasteiger partial charge in [0.25, 0.3) is 0 Å². The number of fused-ring (bicyclic) bond motifs is 1. The van der Waals surface area contributed by atoms with E-state index in [1.807, 2.05) is 41.2 Å². The lowest BCUT2D eigenvalue weighted by molar-refractivity contribution is -0.0590. The van der Waals surface area contributed by atoms with Crippen molar-refractivity contribution in [3.05, 3.63) is 95.3 Å². The molecule has 3 aromatic heterocycles. The standard InChI is InChI=1S/C27H23ClFN5O2/c28-20-9-8-18(22(29)12-20)17-36-27-7-3-5-23(32-27)19-13-30-33(14-19)16-26-31-24-4-1-2-6-25(24)34(26)15-21-10-11-35-21/h1-9,12-14,21H,10-11,15-17H2/t21-/m0/s1. The van der Waals surface area contributed by atoms with E-state index in [0.29, 0.717) is 28.7 Å². The average molecular weight is 504 g/mol. The van der Waals surface area contributed by atoms with Gasteiger partial charge in [0.05, 0.1) is 42.1 Å². The second kappa shape index (κ2) is 9.72. The second-order valence-corrected chi connectivity index (χ2v) is 9.16. The molecular formula is C27H23ClFN5O2. The summed E-state index contributed by atoms with van der Waals surface area (Å²) in [6.45, 7) is 2.17. The molecule has 6 rings (SSSR count). The zero-order chi connectivity index (χ0) is 24.5. The summed E-state index contributed by atoms with van der Waals surface area (Å²) < 4.78 is 29.5. The number of halogens is 2. The van der Waals surface area contributed by atoms with Crippen LogP contribution in [0.15, 0.2) is 73.1 Å². The first-order valence-electron chi connectivity index (χ1n) is 11.7. The molecule has 0 amide bonds. The molecule has 9 heteroatoms. The number of rotatable bonds is 8. The van der Waals surface area contributed by atoms with Crippen molar-refractivity contribution in [3.63, 3.8) is 0 Å². The van der Waals surface area contributed by atoms with Crippen molar-refractivity contribution in [2.45, 2.75) is 32.2 Å². The van der Waals surface area contributed by atoms with Gasteiger partial charge in [0.15, 0.2) is 0 Å². The van der Waals surface area contributed by atoms with Crippen molar-refractivity contribution < 1.29 is 13.9 Å². The minimum atomic E-state index is -0.408. The zero-order valence-corrected chi connectivity index (χ0v) is 20.1. The summed E-state index contributed by atoms with van der Waals surface area (Å²) in [6, 6.07) is 18.1. The highest BCUT2D eigenvalue weighted by Crippen LogP contribution is 2.24. The number of ether oxygens (including phenoxy) is 2. The van der Waals surface area contributed by atoms with Crippen molar-refractivity contribution in [2.75, 3.05) is 6.61 Å². The van der Waals surface area contributed by atoms with Crippen molar-refractivity contribution >= 4 is 22.6 Å².